The van der Waals surface area contributed by atoms with Crippen molar-refractivity contribution in [3.63, 3.8) is 0 Å². The van der Waals surface area contributed by atoms with Gasteiger partial charge in [-0.2, -0.15) is 4.98 Å². The predicted octanol–water partition coefficient (Wildman–Crippen LogP) is 2.18. The van der Waals surface area contributed by atoms with E-state index >= 15 is 0 Å². The minimum atomic E-state index is 0.292. The van der Waals surface area contributed by atoms with Gasteiger partial charge in [0.05, 0.1) is 0 Å². The van der Waals surface area contributed by atoms with Crippen LogP contribution < -0.4 is 11.5 Å². The first-order chi connectivity index (χ1) is 8.70. The molecule has 0 atom stereocenters. The maximum Gasteiger partial charge on any atom is 0.221 e. The van der Waals surface area contributed by atoms with Crippen LogP contribution >= 0.6 is 0 Å². The van der Waals surface area contributed by atoms with E-state index in [1.54, 1.807) is 0 Å². The first kappa shape index (κ1) is 10.6. The number of hydrogen-bond acceptors (Lipinski definition) is 4. The van der Waals surface area contributed by atoms with E-state index in [2.05, 4.69) is 9.97 Å². The molecule has 1 aromatic rings. The SMILES string of the molecule is Nc1ncc(C2C3CC4CC(C3)CC2C4)c(N)n1. The maximum absolute atomic E-state index is 6.07. The highest BCUT2D eigenvalue weighted by Gasteiger charge is 2.49. The Morgan fingerprint density at radius 3 is 2.11 bits per heavy atom. The van der Waals surface area contributed by atoms with E-state index in [1.807, 2.05) is 6.20 Å². The van der Waals surface area contributed by atoms with Gasteiger partial charge in [0.15, 0.2) is 0 Å². The summed E-state index contributed by atoms with van der Waals surface area (Å²) in [6, 6.07) is 0. The minimum absolute atomic E-state index is 0.292. The molecular formula is C14H20N4. The number of anilines is 2. The van der Waals surface area contributed by atoms with Crippen molar-refractivity contribution in [3.8, 4) is 0 Å². The fourth-order valence-corrected chi connectivity index (χ4v) is 5.11. The minimum Gasteiger partial charge on any atom is -0.383 e. The van der Waals surface area contributed by atoms with Gasteiger partial charge < -0.3 is 11.5 Å². The molecule has 0 aromatic carbocycles. The molecule has 0 saturated heterocycles. The third-order valence-corrected chi connectivity index (χ3v) is 5.45. The first-order valence-corrected chi connectivity index (χ1v) is 7.08. The van der Waals surface area contributed by atoms with Gasteiger partial charge in [-0.15, -0.1) is 0 Å². The molecule has 4 N–H and O–H groups in total. The Hall–Kier alpha value is -1.32. The van der Waals surface area contributed by atoms with Crippen LogP contribution in [0.4, 0.5) is 11.8 Å². The summed E-state index contributed by atoms with van der Waals surface area (Å²) < 4.78 is 0. The van der Waals surface area contributed by atoms with Crippen LogP contribution in [0.15, 0.2) is 6.20 Å². The molecule has 4 saturated carbocycles. The molecule has 4 aliphatic carbocycles. The molecule has 5 rings (SSSR count). The summed E-state index contributed by atoms with van der Waals surface area (Å²) in [6.45, 7) is 0. The normalized spacial score (nSPS) is 41.2. The standard InChI is InChI=1S/C14H20N4/c15-13-11(6-17-14(16)18-13)12-9-2-7-1-8(4-9)5-10(12)3-7/h6-10,12H,1-5H2,(H4,15,16,17,18). The second kappa shape index (κ2) is 3.59. The fourth-order valence-electron chi connectivity index (χ4n) is 5.11. The topological polar surface area (TPSA) is 77.8 Å². The molecule has 0 aliphatic heterocycles. The molecule has 4 fully saturated rings. The van der Waals surface area contributed by atoms with Crippen molar-refractivity contribution in [1.82, 2.24) is 9.97 Å². The highest BCUT2D eigenvalue weighted by molar-refractivity contribution is 5.44. The van der Waals surface area contributed by atoms with Gasteiger partial charge in [-0.3, -0.25) is 0 Å². The fraction of sp³-hybridized carbons (Fsp3) is 0.714. The summed E-state index contributed by atoms with van der Waals surface area (Å²) in [7, 11) is 0. The number of nitrogens with two attached hydrogens (primary N) is 2. The Kier molecular flexibility index (Phi) is 2.11. The van der Waals surface area contributed by atoms with Gasteiger partial charge in [-0.25, -0.2) is 4.98 Å². The lowest BCUT2D eigenvalue weighted by Crippen LogP contribution is -2.44. The van der Waals surface area contributed by atoms with Crippen LogP contribution in [-0.4, -0.2) is 9.97 Å². The maximum atomic E-state index is 6.07. The second-order valence-electron chi connectivity index (χ2n) is 6.53. The van der Waals surface area contributed by atoms with Crippen molar-refractivity contribution in [2.24, 2.45) is 23.7 Å². The Morgan fingerprint density at radius 1 is 0.944 bits per heavy atom. The van der Waals surface area contributed by atoms with Crippen LogP contribution in [0.25, 0.3) is 0 Å². The molecule has 4 aliphatic rings. The third-order valence-electron chi connectivity index (χ3n) is 5.45. The summed E-state index contributed by atoms with van der Waals surface area (Å²) in [5, 5.41) is 0. The van der Waals surface area contributed by atoms with Crippen molar-refractivity contribution in [3.05, 3.63) is 11.8 Å². The zero-order valence-corrected chi connectivity index (χ0v) is 10.5. The molecule has 1 heterocycles. The molecule has 0 unspecified atom stereocenters. The summed E-state index contributed by atoms with van der Waals surface area (Å²) in [5.74, 6) is 5.10. The summed E-state index contributed by atoms with van der Waals surface area (Å²) in [6.07, 6.45) is 8.92. The van der Waals surface area contributed by atoms with Crippen LogP contribution in [0, 0.1) is 23.7 Å². The van der Waals surface area contributed by atoms with Gasteiger partial charge in [-0.1, -0.05) is 0 Å². The van der Waals surface area contributed by atoms with Gasteiger partial charge in [0.1, 0.15) is 5.82 Å². The smallest absolute Gasteiger partial charge is 0.221 e. The van der Waals surface area contributed by atoms with Crippen LogP contribution in [0.3, 0.4) is 0 Å². The zero-order chi connectivity index (χ0) is 12.3. The Labute approximate surface area is 107 Å². The number of rotatable bonds is 1. The van der Waals surface area contributed by atoms with Crippen LogP contribution in [0.5, 0.6) is 0 Å². The van der Waals surface area contributed by atoms with E-state index in [4.69, 9.17) is 11.5 Å². The predicted molar refractivity (Wildman–Crippen MR) is 70.6 cm³/mol. The van der Waals surface area contributed by atoms with E-state index in [9.17, 15) is 0 Å². The molecule has 96 valence electrons. The molecule has 4 heteroatoms. The van der Waals surface area contributed by atoms with E-state index < -0.39 is 0 Å². The number of aromatic nitrogens is 2. The van der Waals surface area contributed by atoms with Crippen molar-refractivity contribution in [1.29, 1.82) is 0 Å². The van der Waals surface area contributed by atoms with Gasteiger partial charge in [0.2, 0.25) is 5.95 Å². The largest absolute Gasteiger partial charge is 0.383 e. The Bertz CT molecular complexity index is 457. The van der Waals surface area contributed by atoms with Gasteiger partial charge in [0.25, 0.3) is 0 Å². The van der Waals surface area contributed by atoms with Crippen molar-refractivity contribution >= 4 is 11.8 Å². The molecule has 4 bridgehead atoms. The number of nitrogen functional groups attached to an aromatic ring is 2. The molecule has 18 heavy (non-hydrogen) atoms. The van der Waals surface area contributed by atoms with Gasteiger partial charge in [-0.05, 0) is 61.7 Å². The van der Waals surface area contributed by atoms with E-state index in [0.717, 1.165) is 29.2 Å². The van der Waals surface area contributed by atoms with Crippen LogP contribution in [0.1, 0.15) is 43.6 Å². The second-order valence-corrected chi connectivity index (χ2v) is 6.53. The van der Waals surface area contributed by atoms with Crippen LogP contribution in [-0.2, 0) is 0 Å². The first-order valence-electron chi connectivity index (χ1n) is 7.08. The Balaban J connectivity index is 1.72. The summed E-state index contributed by atoms with van der Waals surface area (Å²) in [4.78, 5) is 8.31. The van der Waals surface area contributed by atoms with Crippen LogP contribution in [0.2, 0.25) is 0 Å². The average Bonchev–Trinajstić information content (AvgIpc) is 2.30. The molecular weight excluding hydrogens is 224 g/mol. The molecule has 1 aromatic heterocycles. The molecule has 0 amide bonds. The molecule has 4 nitrogen and oxygen atoms in total. The number of nitrogens with zero attached hydrogens (tertiary/aromatic N) is 2. The highest BCUT2D eigenvalue weighted by atomic mass is 15.0. The van der Waals surface area contributed by atoms with Crippen molar-refractivity contribution < 1.29 is 0 Å². The summed E-state index contributed by atoms with van der Waals surface area (Å²) in [5.41, 5.74) is 12.8. The van der Waals surface area contributed by atoms with Crippen molar-refractivity contribution in [2.75, 3.05) is 11.5 Å². The molecule has 0 radical (unpaired) electrons. The van der Waals surface area contributed by atoms with Gasteiger partial charge >= 0.3 is 0 Å². The highest BCUT2D eigenvalue weighted by Crippen LogP contribution is 2.60. The van der Waals surface area contributed by atoms with E-state index in [1.165, 1.54) is 32.1 Å². The average molecular weight is 244 g/mol. The third kappa shape index (κ3) is 1.44. The summed E-state index contributed by atoms with van der Waals surface area (Å²) >= 11 is 0. The van der Waals surface area contributed by atoms with Crippen molar-refractivity contribution in [2.45, 2.75) is 38.0 Å². The quantitative estimate of drug-likeness (QED) is 0.793. The van der Waals surface area contributed by atoms with Gasteiger partial charge in [0, 0.05) is 11.8 Å². The molecule has 0 spiro atoms. The Morgan fingerprint density at radius 2 is 1.56 bits per heavy atom. The lowest BCUT2D eigenvalue weighted by atomic mass is 9.51. The van der Waals surface area contributed by atoms with E-state index in [-0.39, 0.29) is 0 Å². The lowest BCUT2D eigenvalue weighted by Gasteiger charge is -2.54. The monoisotopic (exact) mass is 244 g/mol. The van der Waals surface area contributed by atoms with E-state index in [0.29, 0.717) is 17.7 Å². The zero-order valence-electron chi connectivity index (χ0n) is 10.5. The number of hydrogen-bond donors (Lipinski definition) is 2. The lowest BCUT2D eigenvalue weighted by molar-refractivity contribution is -0.00273.